The van der Waals surface area contributed by atoms with Crippen LogP contribution in [0.15, 0.2) is 36.0 Å². The molecule has 0 aliphatic heterocycles. The highest BCUT2D eigenvalue weighted by atomic mass is 14.2. The quantitative estimate of drug-likeness (QED) is 0.481. The van der Waals surface area contributed by atoms with Gasteiger partial charge < -0.3 is 0 Å². The Bertz CT molecular complexity index is 159. The zero-order valence-electron chi connectivity index (χ0n) is 5.15. The summed E-state index contributed by atoms with van der Waals surface area (Å²) in [5.74, 6) is 0. The van der Waals surface area contributed by atoms with E-state index in [-0.39, 0.29) is 0 Å². The van der Waals surface area contributed by atoms with Crippen molar-refractivity contribution in [1.82, 2.24) is 0 Å². The van der Waals surface area contributed by atoms with Crippen molar-refractivity contribution in [2.45, 2.75) is 13.3 Å². The summed E-state index contributed by atoms with van der Waals surface area (Å²) < 4.78 is 0. The zero-order chi connectivity index (χ0) is 5.98. The maximum atomic E-state index is 3.61. The molecule has 0 atom stereocenters. The second kappa shape index (κ2) is 1.99. The minimum Gasteiger partial charge on any atom is -0.0991 e. The van der Waals surface area contributed by atoms with E-state index in [0.29, 0.717) is 0 Å². The van der Waals surface area contributed by atoms with Gasteiger partial charge in [-0.2, -0.15) is 0 Å². The van der Waals surface area contributed by atoms with Crippen LogP contribution in [0.2, 0.25) is 0 Å². The van der Waals surface area contributed by atoms with E-state index in [1.807, 2.05) is 6.08 Å². The van der Waals surface area contributed by atoms with Crippen LogP contribution in [0.25, 0.3) is 0 Å². The molecule has 0 amide bonds. The molecule has 0 spiro atoms. The van der Waals surface area contributed by atoms with Crippen molar-refractivity contribution in [2.75, 3.05) is 0 Å². The van der Waals surface area contributed by atoms with Gasteiger partial charge in [0.1, 0.15) is 0 Å². The van der Waals surface area contributed by atoms with Gasteiger partial charge in [0.15, 0.2) is 0 Å². The monoisotopic (exact) mass is 106 g/mol. The number of hydrogen-bond donors (Lipinski definition) is 0. The molecule has 0 heteroatoms. The number of hydrogen-bond acceptors (Lipinski definition) is 0. The SMILES string of the molecule is C=CC=C1CC1=CC. The fourth-order valence-electron chi connectivity index (χ4n) is 0.757. The first-order valence-corrected chi connectivity index (χ1v) is 2.85. The Morgan fingerprint density at radius 1 is 1.50 bits per heavy atom. The summed E-state index contributed by atoms with van der Waals surface area (Å²) in [4.78, 5) is 0. The molecule has 0 N–H and O–H groups in total. The predicted octanol–water partition coefficient (Wildman–Crippen LogP) is 2.45. The van der Waals surface area contributed by atoms with E-state index < -0.39 is 0 Å². The van der Waals surface area contributed by atoms with Crippen molar-refractivity contribution in [3.63, 3.8) is 0 Å². The van der Waals surface area contributed by atoms with E-state index in [9.17, 15) is 0 Å². The van der Waals surface area contributed by atoms with Crippen molar-refractivity contribution in [3.8, 4) is 0 Å². The average Bonchev–Trinajstić information content (AvgIpc) is 2.48. The summed E-state index contributed by atoms with van der Waals surface area (Å²) in [7, 11) is 0. The summed E-state index contributed by atoms with van der Waals surface area (Å²) >= 11 is 0. The van der Waals surface area contributed by atoms with Gasteiger partial charge >= 0.3 is 0 Å². The van der Waals surface area contributed by atoms with Gasteiger partial charge in [-0.3, -0.25) is 0 Å². The molecular weight excluding hydrogens is 96.1 g/mol. The summed E-state index contributed by atoms with van der Waals surface area (Å²) in [6, 6.07) is 0. The molecule has 1 aliphatic carbocycles. The lowest BCUT2D eigenvalue weighted by Crippen LogP contribution is -1.43. The largest absolute Gasteiger partial charge is 0.0991 e. The Hall–Kier alpha value is -0.780. The standard InChI is InChI=1S/C8H10/c1-3-5-8-6-7(8)4-2/h3-5H,1,6H2,2H3. The maximum Gasteiger partial charge on any atom is -0.00235 e. The van der Waals surface area contributed by atoms with Crippen LogP contribution >= 0.6 is 0 Å². The van der Waals surface area contributed by atoms with Crippen molar-refractivity contribution in [2.24, 2.45) is 0 Å². The second-order valence-corrected chi connectivity index (χ2v) is 1.92. The highest BCUT2D eigenvalue weighted by molar-refractivity contribution is 5.51. The maximum absolute atomic E-state index is 3.61. The van der Waals surface area contributed by atoms with Crippen molar-refractivity contribution >= 4 is 0 Å². The molecule has 0 unspecified atom stereocenters. The third-order valence-electron chi connectivity index (χ3n) is 1.34. The third kappa shape index (κ3) is 0.890. The van der Waals surface area contributed by atoms with Gasteiger partial charge in [-0.15, -0.1) is 0 Å². The first-order chi connectivity index (χ1) is 3.88. The van der Waals surface area contributed by atoms with Crippen molar-refractivity contribution in [3.05, 3.63) is 36.0 Å². The molecule has 0 bridgehead atoms. The van der Waals surface area contributed by atoms with Gasteiger partial charge in [-0.05, 0) is 24.5 Å². The molecule has 0 saturated heterocycles. The summed E-state index contributed by atoms with van der Waals surface area (Å²) in [6.45, 7) is 5.67. The van der Waals surface area contributed by atoms with Crippen LogP contribution in [0.4, 0.5) is 0 Å². The zero-order valence-corrected chi connectivity index (χ0v) is 5.15. The Balaban J connectivity index is 2.59. The fourth-order valence-corrected chi connectivity index (χ4v) is 0.757. The molecule has 0 aromatic rings. The first-order valence-electron chi connectivity index (χ1n) is 2.85. The van der Waals surface area contributed by atoms with Gasteiger partial charge in [-0.25, -0.2) is 0 Å². The lowest BCUT2D eigenvalue weighted by atomic mass is 10.4. The predicted molar refractivity (Wildman–Crippen MR) is 36.7 cm³/mol. The molecule has 0 radical (unpaired) electrons. The van der Waals surface area contributed by atoms with Crippen LogP contribution in [0.5, 0.6) is 0 Å². The molecule has 1 rings (SSSR count). The molecular formula is C8H10. The lowest BCUT2D eigenvalue weighted by Gasteiger charge is -1.64. The van der Waals surface area contributed by atoms with E-state index in [1.54, 1.807) is 0 Å². The molecule has 1 aliphatic rings. The first kappa shape index (κ1) is 5.36. The molecule has 1 fully saturated rings. The van der Waals surface area contributed by atoms with Crippen LogP contribution in [-0.2, 0) is 0 Å². The Morgan fingerprint density at radius 2 is 2.25 bits per heavy atom. The summed E-state index contributed by atoms with van der Waals surface area (Å²) in [6.07, 6.45) is 7.24. The molecule has 0 aromatic carbocycles. The van der Waals surface area contributed by atoms with Crippen LogP contribution in [0.1, 0.15) is 13.3 Å². The van der Waals surface area contributed by atoms with E-state index >= 15 is 0 Å². The average molecular weight is 106 g/mol. The van der Waals surface area contributed by atoms with E-state index in [0.717, 1.165) is 0 Å². The number of allylic oxidation sites excluding steroid dienone is 5. The Labute approximate surface area is 50.2 Å². The van der Waals surface area contributed by atoms with Gasteiger partial charge in [0.25, 0.3) is 0 Å². The van der Waals surface area contributed by atoms with Gasteiger partial charge in [0.2, 0.25) is 0 Å². The molecule has 0 nitrogen and oxygen atoms in total. The van der Waals surface area contributed by atoms with E-state index in [1.165, 1.54) is 17.6 Å². The van der Waals surface area contributed by atoms with E-state index in [4.69, 9.17) is 0 Å². The van der Waals surface area contributed by atoms with Gasteiger partial charge in [0, 0.05) is 0 Å². The van der Waals surface area contributed by atoms with Crippen LogP contribution < -0.4 is 0 Å². The topological polar surface area (TPSA) is 0 Å². The Morgan fingerprint density at radius 3 is 2.62 bits per heavy atom. The van der Waals surface area contributed by atoms with Gasteiger partial charge in [0.05, 0.1) is 0 Å². The van der Waals surface area contributed by atoms with Crippen LogP contribution in [0.3, 0.4) is 0 Å². The molecule has 42 valence electrons. The highest BCUT2D eigenvalue weighted by Crippen LogP contribution is 2.35. The summed E-state index contributed by atoms with van der Waals surface area (Å²) in [5.41, 5.74) is 2.92. The smallest absolute Gasteiger partial charge is 0.00235 e. The van der Waals surface area contributed by atoms with E-state index in [2.05, 4.69) is 25.7 Å². The number of rotatable bonds is 1. The minimum absolute atomic E-state index is 1.18. The fraction of sp³-hybridized carbons (Fsp3) is 0.250. The molecule has 1 saturated carbocycles. The van der Waals surface area contributed by atoms with Crippen molar-refractivity contribution in [1.29, 1.82) is 0 Å². The Kier molecular flexibility index (Phi) is 1.34. The third-order valence-corrected chi connectivity index (χ3v) is 1.34. The normalized spacial score (nSPS) is 26.6. The molecule has 8 heavy (non-hydrogen) atoms. The van der Waals surface area contributed by atoms with Crippen molar-refractivity contribution < 1.29 is 0 Å². The molecule has 0 heterocycles. The van der Waals surface area contributed by atoms with Gasteiger partial charge in [-0.1, -0.05) is 24.8 Å². The van der Waals surface area contributed by atoms with Crippen LogP contribution in [-0.4, -0.2) is 0 Å². The summed E-state index contributed by atoms with van der Waals surface area (Å²) in [5, 5.41) is 0. The highest BCUT2D eigenvalue weighted by Gasteiger charge is 2.17. The second-order valence-electron chi connectivity index (χ2n) is 1.92. The minimum atomic E-state index is 1.18. The van der Waals surface area contributed by atoms with Crippen LogP contribution in [0, 0.1) is 0 Å². The molecule has 0 aromatic heterocycles. The lowest BCUT2D eigenvalue weighted by molar-refractivity contribution is 1.63.